The number of aliphatic hydroxyl groups excluding tert-OH is 4. The smallest absolute Gasteiger partial charge is 0.228 e. The van der Waals surface area contributed by atoms with Gasteiger partial charge in [-0.3, -0.25) is 0 Å². The summed E-state index contributed by atoms with van der Waals surface area (Å²) >= 11 is 0. The highest BCUT2D eigenvalue weighted by atomic mass is 16.7. The zero-order valence-corrected chi connectivity index (χ0v) is 14.3. The fourth-order valence-electron chi connectivity index (χ4n) is 1.65. The number of ether oxygens (including phenoxy) is 2. The molecule has 0 saturated carbocycles. The first-order valence-electron chi connectivity index (χ1n) is 7.30. The van der Waals surface area contributed by atoms with Gasteiger partial charge in [-0.1, -0.05) is 26.0 Å². The van der Waals surface area contributed by atoms with Crippen LogP contribution >= 0.6 is 0 Å². The van der Waals surface area contributed by atoms with Crippen molar-refractivity contribution in [1.82, 2.24) is 0 Å². The maximum Gasteiger partial charge on any atom is 0.228 e. The van der Waals surface area contributed by atoms with Crippen molar-refractivity contribution in [3.05, 3.63) is 24.2 Å². The summed E-state index contributed by atoms with van der Waals surface area (Å²) in [6, 6.07) is 0. The summed E-state index contributed by atoms with van der Waals surface area (Å²) < 4.78 is 11.1. The molecule has 0 aliphatic heterocycles. The van der Waals surface area contributed by atoms with E-state index >= 15 is 0 Å². The van der Waals surface area contributed by atoms with Gasteiger partial charge in [-0.25, -0.2) is 0 Å². The fourth-order valence-corrected chi connectivity index (χ4v) is 1.65. The second-order valence-electron chi connectivity index (χ2n) is 6.35. The molecule has 0 spiro atoms. The first kappa shape index (κ1) is 20.9. The minimum Gasteiger partial charge on any atom is -0.507 e. The van der Waals surface area contributed by atoms with Gasteiger partial charge in [-0.15, -0.1) is 0 Å². The molecule has 2 unspecified atom stereocenters. The molecule has 0 aliphatic carbocycles. The van der Waals surface area contributed by atoms with Gasteiger partial charge in [0.25, 0.3) is 0 Å². The Kier molecular flexibility index (Phi) is 8.11. The third kappa shape index (κ3) is 5.96. The third-order valence-corrected chi connectivity index (χ3v) is 3.82. The maximum atomic E-state index is 10.0. The zero-order chi connectivity index (χ0) is 17.6. The van der Waals surface area contributed by atoms with Crippen molar-refractivity contribution in [3.8, 4) is 0 Å². The Morgan fingerprint density at radius 3 is 2.14 bits per heavy atom. The molecule has 0 heterocycles. The van der Waals surface area contributed by atoms with Gasteiger partial charge in [0.05, 0.1) is 11.7 Å². The second kappa shape index (κ2) is 8.53. The quantitative estimate of drug-likeness (QED) is 0.294. The lowest BCUT2D eigenvalue weighted by Crippen LogP contribution is -2.49. The van der Waals surface area contributed by atoms with E-state index in [4.69, 9.17) is 14.6 Å². The van der Waals surface area contributed by atoms with Gasteiger partial charge in [0.2, 0.25) is 6.29 Å². The van der Waals surface area contributed by atoms with Crippen molar-refractivity contribution in [2.75, 3.05) is 6.61 Å². The highest BCUT2D eigenvalue weighted by Crippen LogP contribution is 2.37. The summed E-state index contributed by atoms with van der Waals surface area (Å²) in [6.07, 6.45) is 1.17. The Labute approximate surface area is 132 Å². The molecule has 130 valence electrons. The van der Waals surface area contributed by atoms with Crippen LogP contribution in [0.4, 0.5) is 0 Å². The molecule has 0 aromatic heterocycles. The van der Waals surface area contributed by atoms with E-state index in [1.165, 1.54) is 6.92 Å². The minimum atomic E-state index is -1.32. The average Bonchev–Trinajstić information content (AvgIpc) is 2.41. The number of aliphatic hydroxyl groups is 4. The van der Waals surface area contributed by atoms with Gasteiger partial charge in [-0.05, 0) is 27.7 Å². The van der Waals surface area contributed by atoms with Crippen molar-refractivity contribution < 1.29 is 29.9 Å². The normalized spacial score (nSPS) is 18.3. The molecule has 0 aromatic rings. The first-order valence-corrected chi connectivity index (χ1v) is 7.30. The van der Waals surface area contributed by atoms with Crippen LogP contribution in [0.3, 0.4) is 0 Å². The van der Waals surface area contributed by atoms with Gasteiger partial charge in [0, 0.05) is 5.41 Å². The molecule has 3 atom stereocenters. The first-order chi connectivity index (χ1) is 9.98. The van der Waals surface area contributed by atoms with E-state index in [-0.39, 0.29) is 5.41 Å². The van der Waals surface area contributed by atoms with Crippen molar-refractivity contribution in [3.63, 3.8) is 0 Å². The van der Waals surface area contributed by atoms with Gasteiger partial charge < -0.3 is 29.9 Å². The van der Waals surface area contributed by atoms with Crippen LogP contribution in [0.25, 0.3) is 0 Å². The highest BCUT2D eigenvalue weighted by Gasteiger charge is 2.40. The molecule has 0 rings (SSSR count). The number of allylic oxidation sites excluding steroid dienone is 1. The average molecular weight is 318 g/mol. The third-order valence-electron chi connectivity index (χ3n) is 3.82. The second-order valence-corrected chi connectivity index (χ2v) is 6.35. The molecular formula is C16H30O6. The van der Waals surface area contributed by atoms with Crippen LogP contribution < -0.4 is 0 Å². The molecule has 6 heteroatoms. The largest absolute Gasteiger partial charge is 0.507 e. The molecule has 4 N–H and O–H groups in total. The highest BCUT2D eigenvalue weighted by molar-refractivity contribution is 5.03. The van der Waals surface area contributed by atoms with Crippen LogP contribution in [0.1, 0.15) is 41.5 Å². The minimum absolute atomic E-state index is 0.371. The van der Waals surface area contributed by atoms with Crippen molar-refractivity contribution in [1.29, 1.82) is 0 Å². The standard InChI is InChI=1S/C16H30O6/c1-7-8-15(3,4)16(5,6)22-14(13(20)11(2)18)21-10-12(19)9-17/h7-8,10-11,13-14,17-20H,9H2,1-6H3/b8-7-,12-10-/t11-,13?,14?/m0/s1. The Morgan fingerprint density at radius 1 is 1.18 bits per heavy atom. The lowest BCUT2D eigenvalue weighted by Gasteiger charge is -2.42. The summed E-state index contributed by atoms with van der Waals surface area (Å²) in [5.74, 6) is -0.406. The number of hydrogen-bond donors (Lipinski definition) is 4. The zero-order valence-electron chi connectivity index (χ0n) is 14.3. The molecule has 22 heavy (non-hydrogen) atoms. The molecule has 0 bridgehead atoms. The van der Waals surface area contributed by atoms with Crippen molar-refractivity contribution >= 4 is 0 Å². The monoisotopic (exact) mass is 318 g/mol. The molecule has 0 saturated heterocycles. The molecule has 6 nitrogen and oxygen atoms in total. The topological polar surface area (TPSA) is 99.4 Å². The molecule has 0 fully saturated rings. The van der Waals surface area contributed by atoms with E-state index in [0.29, 0.717) is 0 Å². The lowest BCUT2D eigenvalue weighted by molar-refractivity contribution is -0.252. The van der Waals surface area contributed by atoms with E-state index in [9.17, 15) is 15.3 Å². The van der Waals surface area contributed by atoms with Gasteiger partial charge in [0.15, 0.2) is 5.76 Å². The van der Waals surface area contributed by atoms with E-state index in [1.54, 1.807) is 0 Å². The Morgan fingerprint density at radius 2 is 1.73 bits per heavy atom. The van der Waals surface area contributed by atoms with Crippen LogP contribution in [0.2, 0.25) is 0 Å². The summed E-state index contributed by atoms with van der Waals surface area (Å²) in [5, 5.41) is 37.6. The van der Waals surface area contributed by atoms with Crippen LogP contribution in [0, 0.1) is 5.41 Å². The fraction of sp³-hybridized carbons (Fsp3) is 0.750. The maximum absolute atomic E-state index is 10.0. The lowest BCUT2D eigenvalue weighted by atomic mass is 9.76. The van der Waals surface area contributed by atoms with Crippen LogP contribution in [0.15, 0.2) is 24.2 Å². The SMILES string of the molecule is C/C=C\C(C)(C)C(C)(C)OC(O/C=C(\O)CO)C(O)[C@H](C)O. The van der Waals surface area contributed by atoms with E-state index in [2.05, 4.69) is 0 Å². The number of rotatable bonds is 9. The summed E-state index contributed by atoms with van der Waals surface area (Å²) in [4.78, 5) is 0. The van der Waals surface area contributed by atoms with Crippen LogP contribution in [-0.4, -0.2) is 51.1 Å². The van der Waals surface area contributed by atoms with Crippen LogP contribution in [-0.2, 0) is 9.47 Å². The van der Waals surface area contributed by atoms with Crippen molar-refractivity contribution in [2.45, 2.75) is 65.6 Å². The van der Waals surface area contributed by atoms with Gasteiger partial charge in [0.1, 0.15) is 19.0 Å². The summed E-state index contributed by atoms with van der Waals surface area (Å²) in [6.45, 7) is 10.3. The predicted octanol–water partition coefficient (Wildman–Crippen LogP) is 1.86. The molecule has 0 radical (unpaired) electrons. The summed E-state index contributed by atoms with van der Waals surface area (Å²) in [7, 11) is 0. The van der Waals surface area contributed by atoms with E-state index < -0.39 is 36.5 Å². The molecule has 0 aliphatic rings. The van der Waals surface area contributed by atoms with Gasteiger partial charge in [-0.2, -0.15) is 0 Å². The predicted molar refractivity (Wildman–Crippen MR) is 84.1 cm³/mol. The van der Waals surface area contributed by atoms with Gasteiger partial charge >= 0.3 is 0 Å². The summed E-state index contributed by atoms with van der Waals surface area (Å²) in [5.41, 5.74) is -1.10. The van der Waals surface area contributed by atoms with Crippen molar-refractivity contribution in [2.24, 2.45) is 5.41 Å². The molecule has 0 amide bonds. The van der Waals surface area contributed by atoms with E-state index in [0.717, 1.165) is 6.26 Å². The molecular weight excluding hydrogens is 288 g/mol. The molecule has 0 aromatic carbocycles. The number of hydrogen-bond acceptors (Lipinski definition) is 6. The Bertz CT molecular complexity index is 384. The Balaban J connectivity index is 5.27. The Hall–Kier alpha value is -1.08. The van der Waals surface area contributed by atoms with E-state index in [1.807, 2.05) is 46.8 Å². The van der Waals surface area contributed by atoms with Crippen LogP contribution in [0.5, 0.6) is 0 Å².